The first-order valence-electron chi connectivity index (χ1n) is 8.85. The maximum absolute atomic E-state index is 12.4. The first-order valence-corrected chi connectivity index (χ1v) is 9.73. The van der Waals surface area contributed by atoms with Crippen molar-refractivity contribution in [2.24, 2.45) is 0 Å². The van der Waals surface area contributed by atoms with Crippen molar-refractivity contribution in [3.63, 3.8) is 0 Å². The van der Waals surface area contributed by atoms with Crippen LogP contribution in [0.25, 0.3) is 10.6 Å². The van der Waals surface area contributed by atoms with Crippen molar-refractivity contribution in [2.45, 2.75) is 31.7 Å². The number of morpholine rings is 1. The highest BCUT2D eigenvalue weighted by molar-refractivity contribution is 7.13. The molecule has 0 bridgehead atoms. The van der Waals surface area contributed by atoms with Crippen molar-refractivity contribution < 1.29 is 9.53 Å². The van der Waals surface area contributed by atoms with Crippen molar-refractivity contribution >= 4 is 23.1 Å². The van der Waals surface area contributed by atoms with Gasteiger partial charge in [0.05, 0.1) is 13.2 Å². The Bertz CT molecular complexity index is 736. The number of hydrogen-bond acceptors (Lipinski definition) is 6. The molecule has 0 atom stereocenters. The highest BCUT2D eigenvalue weighted by Gasteiger charge is 2.20. The smallest absolute Gasteiger partial charge is 0.270 e. The second-order valence-electron chi connectivity index (χ2n) is 6.49. The Morgan fingerprint density at radius 3 is 2.88 bits per heavy atom. The van der Waals surface area contributed by atoms with Crippen molar-refractivity contribution in [1.82, 2.24) is 15.3 Å². The van der Waals surface area contributed by atoms with E-state index >= 15 is 0 Å². The van der Waals surface area contributed by atoms with E-state index < -0.39 is 0 Å². The van der Waals surface area contributed by atoms with E-state index in [0.29, 0.717) is 11.7 Å². The highest BCUT2D eigenvalue weighted by Crippen LogP contribution is 2.27. The maximum Gasteiger partial charge on any atom is 0.270 e. The first kappa shape index (κ1) is 16.5. The molecule has 2 aliphatic rings. The fourth-order valence-corrected chi connectivity index (χ4v) is 4.15. The Balaban J connectivity index is 1.48. The molecule has 4 rings (SSSR count). The maximum atomic E-state index is 12.4. The van der Waals surface area contributed by atoms with Gasteiger partial charge in [-0.1, -0.05) is 12.8 Å². The van der Waals surface area contributed by atoms with Crippen LogP contribution in [-0.4, -0.2) is 48.2 Å². The molecule has 2 fully saturated rings. The fraction of sp³-hybridized carbons (Fsp3) is 0.500. The summed E-state index contributed by atoms with van der Waals surface area (Å²) in [7, 11) is 0. The summed E-state index contributed by atoms with van der Waals surface area (Å²) in [5.41, 5.74) is 1.51. The third kappa shape index (κ3) is 3.82. The van der Waals surface area contributed by atoms with Crippen LogP contribution in [0.15, 0.2) is 23.7 Å². The minimum Gasteiger partial charge on any atom is -0.378 e. The summed E-state index contributed by atoms with van der Waals surface area (Å²) in [6, 6.07) is 4.30. The number of aromatic nitrogens is 2. The van der Waals surface area contributed by atoms with E-state index in [1.807, 2.05) is 17.5 Å². The van der Waals surface area contributed by atoms with E-state index in [9.17, 15) is 4.79 Å². The summed E-state index contributed by atoms with van der Waals surface area (Å²) >= 11 is 1.50. The molecular formula is C18H22N4O2S. The Morgan fingerprint density at radius 1 is 1.28 bits per heavy atom. The second-order valence-corrected chi connectivity index (χ2v) is 7.35. The fourth-order valence-electron chi connectivity index (χ4n) is 3.36. The van der Waals surface area contributed by atoms with Gasteiger partial charge in [0.25, 0.3) is 5.91 Å². The lowest BCUT2D eigenvalue weighted by Gasteiger charge is -2.27. The first-order chi connectivity index (χ1) is 12.3. The molecule has 0 unspecified atom stereocenters. The standard InChI is InChI=1S/C18H22N4O2S/c23-17(20-14-3-1-2-4-14)15-12-25-18(21-15)13-5-6-19-16(11-13)22-7-9-24-10-8-22/h5-6,11-12,14H,1-4,7-10H2,(H,20,23). The Hall–Kier alpha value is -1.99. The van der Waals surface area contributed by atoms with E-state index in [1.165, 1.54) is 24.2 Å². The lowest BCUT2D eigenvalue weighted by molar-refractivity contribution is 0.0933. The normalized spacial score (nSPS) is 18.5. The average molecular weight is 358 g/mol. The number of nitrogens with zero attached hydrogens (tertiary/aromatic N) is 3. The van der Waals surface area contributed by atoms with E-state index in [4.69, 9.17) is 4.74 Å². The number of rotatable bonds is 4. The number of ether oxygens (including phenoxy) is 1. The molecule has 1 amide bonds. The number of nitrogens with one attached hydrogen (secondary N) is 1. The Labute approximate surface area is 151 Å². The summed E-state index contributed by atoms with van der Waals surface area (Å²) in [6.45, 7) is 3.16. The van der Waals surface area contributed by atoms with E-state index in [0.717, 1.165) is 55.5 Å². The van der Waals surface area contributed by atoms with Crippen LogP contribution in [0.4, 0.5) is 5.82 Å². The highest BCUT2D eigenvalue weighted by atomic mass is 32.1. The second kappa shape index (κ2) is 7.49. The molecule has 1 N–H and O–H groups in total. The molecule has 7 heteroatoms. The molecule has 1 saturated carbocycles. The number of hydrogen-bond donors (Lipinski definition) is 1. The van der Waals surface area contributed by atoms with E-state index in [2.05, 4.69) is 20.2 Å². The molecule has 0 spiro atoms. The third-order valence-electron chi connectivity index (χ3n) is 4.75. The number of carbonyl (C=O) groups excluding carboxylic acids is 1. The molecule has 1 saturated heterocycles. The quantitative estimate of drug-likeness (QED) is 0.910. The van der Waals surface area contributed by atoms with Crippen LogP contribution in [-0.2, 0) is 4.74 Å². The molecule has 1 aliphatic carbocycles. The van der Waals surface area contributed by atoms with Crippen LogP contribution in [0.2, 0.25) is 0 Å². The Kier molecular flexibility index (Phi) is 4.94. The van der Waals surface area contributed by atoms with Crippen LogP contribution in [0, 0.1) is 0 Å². The zero-order valence-corrected chi connectivity index (χ0v) is 14.9. The lowest BCUT2D eigenvalue weighted by atomic mass is 10.2. The Morgan fingerprint density at radius 2 is 2.08 bits per heavy atom. The van der Waals surface area contributed by atoms with Crippen LogP contribution in [0.5, 0.6) is 0 Å². The summed E-state index contributed by atoms with van der Waals surface area (Å²) in [5, 5.41) is 5.79. The molecule has 6 nitrogen and oxygen atoms in total. The van der Waals surface area contributed by atoms with Gasteiger partial charge in [0.2, 0.25) is 0 Å². The van der Waals surface area contributed by atoms with E-state index in [1.54, 1.807) is 6.20 Å². The van der Waals surface area contributed by atoms with Gasteiger partial charge in [-0.05, 0) is 25.0 Å². The van der Waals surface area contributed by atoms with Crippen LogP contribution >= 0.6 is 11.3 Å². The van der Waals surface area contributed by atoms with Gasteiger partial charge in [0, 0.05) is 36.3 Å². The van der Waals surface area contributed by atoms with Gasteiger partial charge in [-0.2, -0.15) is 0 Å². The SMILES string of the molecule is O=C(NC1CCCC1)c1csc(-c2ccnc(N3CCOCC3)c2)n1. The van der Waals surface area contributed by atoms with Gasteiger partial charge in [0.1, 0.15) is 16.5 Å². The monoisotopic (exact) mass is 358 g/mol. The summed E-state index contributed by atoms with van der Waals surface area (Å²) in [4.78, 5) is 23.6. The largest absolute Gasteiger partial charge is 0.378 e. The number of anilines is 1. The van der Waals surface area contributed by atoms with Gasteiger partial charge in [-0.25, -0.2) is 9.97 Å². The number of thiazole rings is 1. The number of carbonyl (C=O) groups is 1. The topological polar surface area (TPSA) is 67.4 Å². The van der Waals surface area contributed by atoms with Gasteiger partial charge in [-0.15, -0.1) is 11.3 Å². The molecule has 0 radical (unpaired) electrons. The van der Waals surface area contributed by atoms with Crippen LogP contribution in [0.3, 0.4) is 0 Å². The summed E-state index contributed by atoms with van der Waals surface area (Å²) in [6.07, 6.45) is 6.37. The molecule has 2 aromatic heterocycles. The molecule has 25 heavy (non-hydrogen) atoms. The minimum atomic E-state index is -0.0585. The molecule has 3 heterocycles. The minimum absolute atomic E-state index is 0.0585. The van der Waals surface area contributed by atoms with Gasteiger partial charge < -0.3 is 15.0 Å². The average Bonchev–Trinajstić information content (AvgIpc) is 3.34. The van der Waals surface area contributed by atoms with Crippen molar-refractivity contribution in [3.8, 4) is 10.6 Å². The zero-order valence-electron chi connectivity index (χ0n) is 14.1. The van der Waals surface area contributed by atoms with Gasteiger partial charge in [0.15, 0.2) is 0 Å². The van der Waals surface area contributed by atoms with Crippen LogP contribution in [0.1, 0.15) is 36.2 Å². The summed E-state index contributed by atoms with van der Waals surface area (Å²) in [5.74, 6) is 0.879. The van der Waals surface area contributed by atoms with Crippen molar-refractivity contribution in [2.75, 3.05) is 31.2 Å². The van der Waals surface area contributed by atoms with E-state index in [-0.39, 0.29) is 5.91 Å². The zero-order chi connectivity index (χ0) is 17.1. The van der Waals surface area contributed by atoms with Gasteiger partial charge in [-0.3, -0.25) is 4.79 Å². The molecule has 0 aromatic carbocycles. The number of pyridine rings is 1. The van der Waals surface area contributed by atoms with Crippen molar-refractivity contribution in [1.29, 1.82) is 0 Å². The van der Waals surface area contributed by atoms with Crippen LogP contribution < -0.4 is 10.2 Å². The molecule has 132 valence electrons. The molecular weight excluding hydrogens is 336 g/mol. The molecule has 2 aromatic rings. The lowest BCUT2D eigenvalue weighted by Crippen LogP contribution is -2.36. The predicted molar refractivity (Wildman–Crippen MR) is 98.1 cm³/mol. The molecule has 1 aliphatic heterocycles. The van der Waals surface area contributed by atoms with Crippen molar-refractivity contribution in [3.05, 3.63) is 29.4 Å². The van der Waals surface area contributed by atoms with Gasteiger partial charge >= 0.3 is 0 Å². The third-order valence-corrected chi connectivity index (χ3v) is 5.65. The number of amides is 1. The summed E-state index contributed by atoms with van der Waals surface area (Å²) < 4.78 is 5.40. The predicted octanol–water partition coefficient (Wildman–Crippen LogP) is 2.71.